The number of aromatic nitrogens is 5. The molecule has 7 heteroatoms. The van der Waals surface area contributed by atoms with Crippen LogP contribution in [0.25, 0.3) is 5.82 Å². The van der Waals surface area contributed by atoms with Gasteiger partial charge in [-0.25, -0.2) is 19.6 Å². The average molecular weight is 313 g/mol. The Morgan fingerprint density at radius 1 is 1.18 bits per heavy atom. The van der Waals surface area contributed by atoms with Gasteiger partial charge in [0.1, 0.15) is 0 Å². The van der Waals surface area contributed by atoms with Crippen LogP contribution in [0.3, 0.4) is 0 Å². The number of aryl methyl sites for hydroxylation is 2. The van der Waals surface area contributed by atoms with Gasteiger partial charge < -0.3 is 0 Å². The molecule has 3 heterocycles. The molecule has 0 fully saturated rings. The number of nitrogens with zero attached hydrogens (tertiary/aromatic N) is 4. The molecular formula is C15H15N5OS. The highest BCUT2D eigenvalue weighted by Crippen LogP contribution is 2.18. The van der Waals surface area contributed by atoms with Crippen LogP contribution in [-0.4, -0.2) is 24.7 Å². The molecule has 0 spiro atoms. The van der Waals surface area contributed by atoms with E-state index in [0.29, 0.717) is 16.7 Å². The fraction of sp³-hybridized carbons (Fsp3) is 0.200. The van der Waals surface area contributed by atoms with Crippen molar-refractivity contribution in [2.45, 2.75) is 24.8 Å². The van der Waals surface area contributed by atoms with Gasteiger partial charge in [0.15, 0.2) is 11.0 Å². The second kappa shape index (κ2) is 6.15. The van der Waals surface area contributed by atoms with E-state index in [1.807, 2.05) is 32.0 Å². The summed E-state index contributed by atoms with van der Waals surface area (Å²) in [5, 5.41) is 3.77. The quantitative estimate of drug-likeness (QED) is 0.590. The van der Waals surface area contributed by atoms with Crippen LogP contribution < -0.4 is 5.56 Å². The minimum absolute atomic E-state index is 0.129. The average Bonchev–Trinajstić information content (AvgIpc) is 2.86. The summed E-state index contributed by atoms with van der Waals surface area (Å²) in [5.41, 5.74) is 2.56. The molecule has 22 heavy (non-hydrogen) atoms. The Kier molecular flexibility index (Phi) is 4.06. The monoisotopic (exact) mass is 313 g/mol. The van der Waals surface area contributed by atoms with Gasteiger partial charge in [-0.15, -0.1) is 0 Å². The highest BCUT2D eigenvalue weighted by atomic mass is 32.2. The summed E-state index contributed by atoms with van der Waals surface area (Å²) in [6.07, 6.45) is 1.65. The van der Waals surface area contributed by atoms with Crippen LogP contribution in [0.2, 0.25) is 0 Å². The molecule has 1 N–H and O–H groups in total. The Balaban J connectivity index is 1.78. The van der Waals surface area contributed by atoms with Crippen molar-refractivity contribution in [3.05, 3.63) is 64.0 Å². The van der Waals surface area contributed by atoms with Gasteiger partial charge in [0.05, 0.1) is 0 Å². The van der Waals surface area contributed by atoms with Crippen molar-refractivity contribution < 1.29 is 0 Å². The fourth-order valence-electron chi connectivity index (χ4n) is 2.08. The zero-order valence-corrected chi connectivity index (χ0v) is 13.1. The first-order valence-corrected chi connectivity index (χ1v) is 7.78. The van der Waals surface area contributed by atoms with Crippen molar-refractivity contribution in [2.75, 3.05) is 0 Å². The van der Waals surface area contributed by atoms with Crippen molar-refractivity contribution in [3.8, 4) is 5.82 Å². The molecule has 0 aromatic carbocycles. The van der Waals surface area contributed by atoms with Crippen molar-refractivity contribution >= 4 is 11.8 Å². The van der Waals surface area contributed by atoms with Crippen LogP contribution in [-0.2, 0) is 5.75 Å². The second-order valence-corrected chi connectivity index (χ2v) is 5.81. The lowest BCUT2D eigenvalue weighted by molar-refractivity contribution is 0.804. The largest absolute Gasteiger partial charge is 0.293 e. The number of aromatic amines is 1. The molecule has 6 nitrogen and oxygen atoms in total. The van der Waals surface area contributed by atoms with E-state index >= 15 is 0 Å². The highest BCUT2D eigenvalue weighted by Gasteiger charge is 2.07. The van der Waals surface area contributed by atoms with Crippen LogP contribution in [0, 0.1) is 13.8 Å². The van der Waals surface area contributed by atoms with Gasteiger partial charge in [-0.05, 0) is 32.0 Å². The van der Waals surface area contributed by atoms with Gasteiger partial charge in [0.2, 0.25) is 0 Å². The molecule has 0 atom stereocenters. The first-order valence-electron chi connectivity index (χ1n) is 6.79. The van der Waals surface area contributed by atoms with Crippen molar-refractivity contribution in [2.24, 2.45) is 0 Å². The van der Waals surface area contributed by atoms with E-state index in [4.69, 9.17) is 0 Å². The summed E-state index contributed by atoms with van der Waals surface area (Å²) in [5.74, 6) is 1.17. The lowest BCUT2D eigenvalue weighted by Crippen LogP contribution is -2.14. The number of hydrogen-bond donors (Lipinski definition) is 1. The summed E-state index contributed by atoms with van der Waals surface area (Å²) in [6.45, 7) is 3.89. The van der Waals surface area contributed by atoms with Crippen LogP contribution >= 0.6 is 11.8 Å². The zero-order chi connectivity index (χ0) is 15.5. The summed E-state index contributed by atoms with van der Waals surface area (Å²) in [7, 11) is 0. The molecule has 112 valence electrons. The Morgan fingerprint density at radius 2 is 1.95 bits per heavy atom. The van der Waals surface area contributed by atoms with Crippen molar-refractivity contribution in [3.63, 3.8) is 0 Å². The summed E-state index contributed by atoms with van der Waals surface area (Å²) >= 11 is 1.49. The standard InChI is InChI=1S/C15H15N5OS/c1-10-7-11(2)18-15(17-10)22-9-12-8-14(21)20(19-12)13-5-3-4-6-16-13/h3-8,19H,9H2,1-2H3. The van der Waals surface area contributed by atoms with E-state index in [2.05, 4.69) is 20.1 Å². The van der Waals surface area contributed by atoms with E-state index in [1.54, 1.807) is 18.3 Å². The molecule has 0 unspecified atom stereocenters. The Bertz CT molecular complexity index is 820. The van der Waals surface area contributed by atoms with E-state index in [9.17, 15) is 4.79 Å². The van der Waals surface area contributed by atoms with Crippen molar-refractivity contribution in [1.29, 1.82) is 0 Å². The van der Waals surface area contributed by atoms with Crippen LogP contribution in [0.15, 0.2) is 46.5 Å². The third kappa shape index (κ3) is 3.25. The van der Waals surface area contributed by atoms with Gasteiger partial charge in [-0.1, -0.05) is 17.8 Å². The maximum absolute atomic E-state index is 12.0. The third-order valence-corrected chi connectivity index (χ3v) is 3.87. The number of pyridine rings is 1. The zero-order valence-electron chi connectivity index (χ0n) is 12.3. The minimum Gasteiger partial charge on any atom is -0.293 e. The van der Waals surface area contributed by atoms with E-state index in [-0.39, 0.29) is 5.56 Å². The summed E-state index contributed by atoms with van der Waals surface area (Å²) in [4.78, 5) is 24.9. The first-order chi connectivity index (χ1) is 10.6. The molecule has 3 aromatic heterocycles. The van der Waals surface area contributed by atoms with Crippen LogP contribution in [0.5, 0.6) is 0 Å². The molecular weight excluding hydrogens is 298 g/mol. The molecule has 0 bridgehead atoms. The molecule has 3 rings (SSSR count). The number of hydrogen-bond acceptors (Lipinski definition) is 5. The number of rotatable bonds is 4. The Labute approximate surface area is 131 Å². The normalized spacial score (nSPS) is 10.8. The first kappa shape index (κ1) is 14.5. The van der Waals surface area contributed by atoms with E-state index in [1.165, 1.54) is 16.4 Å². The fourth-order valence-corrected chi connectivity index (χ4v) is 2.92. The third-order valence-electron chi connectivity index (χ3n) is 2.97. The lowest BCUT2D eigenvalue weighted by atomic mass is 10.4. The SMILES string of the molecule is Cc1cc(C)nc(SCc2cc(=O)n(-c3ccccn3)[nH]2)n1. The Morgan fingerprint density at radius 3 is 2.64 bits per heavy atom. The number of thioether (sulfide) groups is 1. The number of H-pyrrole nitrogens is 1. The molecule has 0 aliphatic heterocycles. The Hall–Kier alpha value is -2.41. The lowest BCUT2D eigenvalue weighted by Gasteiger charge is -2.02. The van der Waals surface area contributed by atoms with Crippen LogP contribution in [0.1, 0.15) is 17.1 Å². The van der Waals surface area contributed by atoms with Gasteiger partial charge in [-0.2, -0.15) is 0 Å². The summed E-state index contributed by atoms with van der Waals surface area (Å²) < 4.78 is 1.43. The molecule has 0 aliphatic carbocycles. The minimum atomic E-state index is -0.129. The maximum Gasteiger partial charge on any atom is 0.272 e. The predicted molar refractivity (Wildman–Crippen MR) is 85.3 cm³/mol. The highest BCUT2D eigenvalue weighted by molar-refractivity contribution is 7.98. The van der Waals surface area contributed by atoms with Gasteiger partial charge in [-0.3, -0.25) is 9.89 Å². The van der Waals surface area contributed by atoms with Crippen LogP contribution in [0.4, 0.5) is 0 Å². The van der Waals surface area contributed by atoms with E-state index in [0.717, 1.165) is 17.1 Å². The molecule has 3 aromatic rings. The second-order valence-electron chi connectivity index (χ2n) is 4.86. The van der Waals surface area contributed by atoms with Gasteiger partial charge in [0.25, 0.3) is 5.56 Å². The smallest absolute Gasteiger partial charge is 0.272 e. The van der Waals surface area contributed by atoms with Gasteiger partial charge in [0, 0.05) is 35.1 Å². The molecule has 0 aliphatic rings. The number of nitrogens with one attached hydrogen (secondary N) is 1. The van der Waals surface area contributed by atoms with Gasteiger partial charge >= 0.3 is 0 Å². The van der Waals surface area contributed by atoms with Crippen molar-refractivity contribution in [1.82, 2.24) is 24.7 Å². The molecule has 0 saturated carbocycles. The maximum atomic E-state index is 12.0. The molecule has 0 radical (unpaired) electrons. The molecule has 0 saturated heterocycles. The summed E-state index contributed by atoms with van der Waals surface area (Å²) in [6, 6.07) is 8.94. The predicted octanol–water partition coefficient (Wildman–Crippen LogP) is 2.26. The van der Waals surface area contributed by atoms with E-state index < -0.39 is 0 Å². The topological polar surface area (TPSA) is 76.5 Å². The molecule has 0 amide bonds.